The quantitative estimate of drug-likeness (QED) is 0.910. The number of aromatic nitrogens is 1. The van der Waals surface area contributed by atoms with Crippen molar-refractivity contribution in [1.82, 2.24) is 9.88 Å². The van der Waals surface area contributed by atoms with Gasteiger partial charge in [-0.05, 0) is 57.6 Å². The maximum atomic E-state index is 10.8. The number of benzene rings is 1. The van der Waals surface area contributed by atoms with E-state index in [0.717, 1.165) is 35.2 Å². The first-order valence-corrected chi connectivity index (χ1v) is 7.70. The Hall–Kier alpha value is -1.45. The molecule has 3 heteroatoms. The average Bonchev–Trinajstić information content (AvgIpc) is 2.46. The maximum absolute atomic E-state index is 10.8. The van der Waals surface area contributed by atoms with Crippen molar-refractivity contribution in [2.75, 3.05) is 13.1 Å². The van der Waals surface area contributed by atoms with Crippen LogP contribution in [0.3, 0.4) is 0 Å². The van der Waals surface area contributed by atoms with Crippen molar-refractivity contribution in [3.05, 3.63) is 41.6 Å². The van der Waals surface area contributed by atoms with E-state index in [2.05, 4.69) is 49.7 Å². The van der Waals surface area contributed by atoms with Gasteiger partial charge in [-0.15, -0.1) is 0 Å². The van der Waals surface area contributed by atoms with Crippen LogP contribution in [0.25, 0.3) is 10.9 Å². The van der Waals surface area contributed by atoms with E-state index in [1.807, 2.05) is 25.1 Å². The molecule has 0 radical (unpaired) electrons. The number of hydrogen-bond donors (Lipinski definition) is 1. The van der Waals surface area contributed by atoms with Gasteiger partial charge in [-0.3, -0.25) is 9.88 Å². The SMILES string of the molecule is CCN(CC)C(C)(C)C(O)c1ccc2nc(C)ccc2c1. The Morgan fingerprint density at radius 2 is 1.81 bits per heavy atom. The molecule has 0 bridgehead atoms. The molecule has 0 amide bonds. The number of likely N-dealkylation sites (N-methyl/N-ethyl adjacent to an activating group) is 1. The van der Waals surface area contributed by atoms with E-state index in [4.69, 9.17) is 0 Å². The Morgan fingerprint density at radius 3 is 2.43 bits per heavy atom. The fourth-order valence-electron chi connectivity index (χ4n) is 3.04. The van der Waals surface area contributed by atoms with Gasteiger partial charge < -0.3 is 5.11 Å². The molecule has 1 aromatic carbocycles. The zero-order chi connectivity index (χ0) is 15.6. The normalized spacial score (nSPS) is 13.9. The molecule has 1 unspecified atom stereocenters. The number of aliphatic hydroxyl groups is 1. The maximum Gasteiger partial charge on any atom is 0.0968 e. The Kier molecular flexibility index (Phi) is 4.64. The van der Waals surface area contributed by atoms with Gasteiger partial charge in [0.2, 0.25) is 0 Å². The summed E-state index contributed by atoms with van der Waals surface area (Å²) in [6.45, 7) is 12.3. The third-order valence-corrected chi connectivity index (χ3v) is 4.42. The molecule has 1 atom stereocenters. The first-order valence-electron chi connectivity index (χ1n) is 7.70. The van der Waals surface area contributed by atoms with Crippen LogP contribution in [0.1, 0.15) is 45.1 Å². The van der Waals surface area contributed by atoms with Crippen LogP contribution in [0.5, 0.6) is 0 Å². The predicted molar refractivity (Wildman–Crippen MR) is 88.4 cm³/mol. The Bertz CT molecular complexity index is 618. The average molecular weight is 286 g/mol. The topological polar surface area (TPSA) is 36.4 Å². The van der Waals surface area contributed by atoms with Crippen LogP contribution in [0, 0.1) is 6.92 Å². The first-order chi connectivity index (χ1) is 9.90. The molecule has 2 aromatic rings. The number of aryl methyl sites for hydroxylation is 1. The lowest BCUT2D eigenvalue weighted by atomic mass is 9.88. The summed E-state index contributed by atoms with van der Waals surface area (Å²) in [4.78, 5) is 6.80. The molecular weight excluding hydrogens is 260 g/mol. The molecule has 0 aliphatic heterocycles. The lowest BCUT2D eigenvalue weighted by Crippen LogP contribution is -2.48. The van der Waals surface area contributed by atoms with E-state index in [1.54, 1.807) is 0 Å². The summed E-state index contributed by atoms with van der Waals surface area (Å²) >= 11 is 0. The van der Waals surface area contributed by atoms with E-state index >= 15 is 0 Å². The van der Waals surface area contributed by atoms with Crippen molar-refractivity contribution in [2.45, 2.75) is 46.3 Å². The minimum Gasteiger partial charge on any atom is -0.386 e. The summed E-state index contributed by atoms with van der Waals surface area (Å²) in [7, 11) is 0. The van der Waals surface area contributed by atoms with Crippen LogP contribution >= 0.6 is 0 Å². The Morgan fingerprint density at radius 1 is 1.14 bits per heavy atom. The van der Waals surface area contributed by atoms with Crippen LogP contribution in [0.2, 0.25) is 0 Å². The number of rotatable bonds is 5. The molecule has 0 fully saturated rings. The monoisotopic (exact) mass is 286 g/mol. The lowest BCUT2D eigenvalue weighted by Gasteiger charge is -2.41. The minimum atomic E-state index is -0.525. The highest BCUT2D eigenvalue weighted by Gasteiger charge is 2.33. The number of aliphatic hydroxyl groups excluding tert-OH is 1. The standard InChI is InChI=1S/C18H26N2O/c1-6-20(7-2)18(4,5)17(21)15-10-11-16-14(12-15)9-8-13(3)19-16/h8-12,17,21H,6-7H2,1-5H3. The smallest absolute Gasteiger partial charge is 0.0968 e. The minimum absolute atomic E-state index is 0.296. The second kappa shape index (κ2) is 6.12. The van der Waals surface area contributed by atoms with E-state index in [0.29, 0.717) is 0 Å². The summed E-state index contributed by atoms with van der Waals surface area (Å²) < 4.78 is 0. The van der Waals surface area contributed by atoms with Gasteiger partial charge in [-0.25, -0.2) is 0 Å². The van der Waals surface area contributed by atoms with Gasteiger partial charge in [-0.2, -0.15) is 0 Å². The Labute approximate surface area is 127 Å². The molecule has 3 nitrogen and oxygen atoms in total. The molecule has 1 heterocycles. The number of nitrogens with zero attached hydrogens (tertiary/aromatic N) is 2. The van der Waals surface area contributed by atoms with Crippen molar-refractivity contribution in [2.24, 2.45) is 0 Å². The number of hydrogen-bond acceptors (Lipinski definition) is 3. The van der Waals surface area contributed by atoms with Crippen molar-refractivity contribution >= 4 is 10.9 Å². The molecule has 114 valence electrons. The fraction of sp³-hybridized carbons (Fsp3) is 0.500. The van der Waals surface area contributed by atoms with Crippen molar-refractivity contribution in [3.63, 3.8) is 0 Å². The molecule has 1 N–H and O–H groups in total. The van der Waals surface area contributed by atoms with E-state index < -0.39 is 6.10 Å². The van der Waals surface area contributed by atoms with Crippen LogP contribution < -0.4 is 0 Å². The molecule has 0 spiro atoms. The van der Waals surface area contributed by atoms with E-state index in [9.17, 15) is 5.11 Å². The van der Waals surface area contributed by atoms with Crippen LogP contribution in [-0.2, 0) is 0 Å². The zero-order valence-electron chi connectivity index (χ0n) is 13.7. The largest absolute Gasteiger partial charge is 0.386 e. The highest BCUT2D eigenvalue weighted by Crippen LogP contribution is 2.32. The summed E-state index contributed by atoms with van der Waals surface area (Å²) in [5.74, 6) is 0. The van der Waals surface area contributed by atoms with Crippen molar-refractivity contribution in [1.29, 1.82) is 0 Å². The molecule has 0 aliphatic carbocycles. The first kappa shape index (κ1) is 15.9. The van der Waals surface area contributed by atoms with Gasteiger partial charge in [0, 0.05) is 16.6 Å². The highest BCUT2D eigenvalue weighted by molar-refractivity contribution is 5.79. The molecule has 21 heavy (non-hydrogen) atoms. The third-order valence-electron chi connectivity index (χ3n) is 4.42. The van der Waals surface area contributed by atoms with Crippen LogP contribution in [0.4, 0.5) is 0 Å². The van der Waals surface area contributed by atoms with Crippen LogP contribution in [0.15, 0.2) is 30.3 Å². The zero-order valence-corrected chi connectivity index (χ0v) is 13.7. The molecule has 0 saturated carbocycles. The fourth-order valence-corrected chi connectivity index (χ4v) is 3.04. The predicted octanol–water partition coefficient (Wildman–Crippen LogP) is 3.70. The Balaban J connectivity index is 2.39. The third kappa shape index (κ3) is 3.09. The van der Waals surface area contributed by atoms with Gasteiger partial charge in [0.15, 0.2) is 0 Å². The molecule has 2 rings (SSSR count). The van der Waals surface area contributed by atoms with E-state index in [1.165, 1.54) is 0 Å². The second-order valence-electron chi connectivity index (χ2n) is 6.13. The molecule has 1 aromatic heterocycles. The molecule has 0 aliphatic rings. The summed E-state index contributed by atoms with van der Waals surface area (Å²) in [6.07, 6.45) is -0.525. The van der Waals surface area contributed by atoms with Gasteiger partial charge in [0.25, 0.3) is 0 Å². The van der Waals surface area contributed by atoms with Gasteiger partial charge >= 0.3 is 0 Å². The van der Waals surface area contributed by atoms with Crippen molar-refractivity contribution < 1.29 is 5.11 Å². The van der Waals surface area contributed by atoms with E-state index in [-0.39, 0.29) is 5.54 Å². The van der Waals surface area contributed by atoms with Crippen molar-refractivity contribution in [3.8, 4) is 0 Å². The molecule has 0 saturated heterocycles. The number of fused-ring (bicyclic) bond motifs is 1. The summed E-state index contributed by atoms with van der Waals surface area (Å²) in [6, 6.07) is 10.1. The summed E-state index contributed by atoms with van der Waals surface area (Å²) in [5, 5.41) is 11.9. The van der Waals surface area contributed by atoms with Gasteiger partial charge in [0.1, 0.15) is 0 Å². The molecular formula is C18H26N2O. The van der Waals surface area contributed by atoms with Gasteiger partial charge in [0.05, 0.1) is 11.6 Å². The van der Waals surface area contributed by atoms with Gasteiger partial charge in [-0.1, -0.05) is 26.0 Å². The number of pyridine rings is 1. The highest BCUT2D eigenvalue weighted by atomic mass is 16.3. The second-order valence-corrected chi connectivity index (χ2v) is 6.13. The summed E-state index contributed by atoms with van der Waals surface area (Å²) in [5.41, 5.74) is 2.64. The lowest BCUT2D eigenvalue weighted by molar-refractivity contribution is -0.00619. The van der Waals surface area contributed by atoms with Crippen LogP contribution in [-0.4, -0.2) is 33.6 Å².